The summed E-state index contributed by atoms with van der Waals surface area (Å²) in [5, 5.41) is 14.0. The number of aromatic nitrogens is 4. The fourth-order valence-electron chi connectivity index (χ4n) is 2.06. The maximum atomic E-state index is 8.91. The number of thiazole rings is 1. The van der Waals surface area contributed by atoms with Crippen molar-refractivity contribution < 1.29 is 4.74 Å². The van der Waals surface area contributed by atoms with E-state index in [1.165, 1.54) is 17.5 Å². The first-order valence-corrected chi connectivity index (χ1v) is 7.42. The minimum atomic E-state index is -0.276. The van der Waals surface area contributed by atoms with Gasteiger partial charge in [0.15, 0.2) is 5.82 Å². The van der Waals surface area contributed by atoms with Gasteiger partial charge in [-0.15, -0.1) is 5.10 Å². The van der Waals surface area contributed by atoms with Crippen LogP contribution >= 0.6 is 11.3 Å². The number of nitriles is 1. The average molecular weight is 305 g/mol. The first-order valence-electron chi connectivity index (χ1n) is 6.60. The van der Waals surface area contributed by atoms with E-state index in [1.54, 1.807) is 4.68 Å². The molecule has 2 N–H and O–H groups in total. The van der Waals surface area contributed by atoms with Gasteiger partial charge in [-0.2, -0.15) is 14.9 Å². The Balaban J connectivity index is 1.98. The maximum Gasteiger partial charge on any atom is 0.245 e. The number of morpholine rings is 1. The lowest BCUT2D eigenvalue weighted by molar-refractivity contribution is 0.122. The van der Waals surface area contributed by atoms with Crippen molar-refractivity contribution in [2.45, 2.75) is 13.0 Å². The Morgan fingerprint density at radius 3 is 2.86 bits per heavy atom. The van der Waals surface area contributed by atoms with Crippen molar-refractivity contribution in [3.8, 4) is 11.2 Å². The fraction of sp³-hybridized carbons (Fsp3) is 0.500. The van der Waals surface area contributed by atoms with Crippen LogP contribution in [-0.2, 0) is 4.74 Å². The third kappa shape index (κ3) is 2.73. The second-order valence-corrected chi connectivity index (χ2v) is 5.70. The molecular weight excluding hydrogens is 290 g/mol. The quantitative estimate of drug-likeness (QED) is 0.877. The third-order valence-corrected chi connectivity index (χ3v) is 3.98. The van der Waals surface area contributed by atoms with E-state index < -0.39 is 0 Å². The van der Waals surface area contributed by atoms with E-state index in [0.29, 0.717) is 35.0 Å². The van der Waals surface area contributed by atoms with E-state index in [0.717, 1.165) is 13.1 Å². The predicted octanol–water partition coefficient (Wildman–Crippen LogP) is 0.452. The van der Waals surface area contributed by atoms with Gasteiger partial charge >= 0.3 is 0 Å². The molecule has 1 atom stereocenters. The zero-order chi connectivity index (χ0) is 14.8. The normalized spacial score (nSPS) is 16.7. The van der Waals surface area contributed by atoms with Crippen molar-refractivity contribution >= 4 is 17.3 Å². The summed E-state index contributed by atoms with van der Waals surface area (Å²) in [7, 11) is 0. The van der Waals surface area contributed by atoms with E-state index in [2.05, 4.69) is 26.0 Å². The standard InChI is InChI=1S/C12H15N7OS/c1-8(14)10-16-11(18-2-4-20-5-3-18)17-19(10)12-15-7-9(6-13)21-12/h7-8H,2-5,14H2,1H3/t8-/m0/s1. The van der Waals surface area contributed by atoms with Crippen molar-refractivity contribution in [2.75, 3.05) is 31.2 Å². The molecule has 0 bridgehead atoms. The molecule has 0 saturated carbocycles. The second kappa shape index (κ2) is 5.77. The second-order valence-electron chi connectivity index (χ2n) is 4.69. The molecular formula is C12H15N7OS. The lowest BCUT2D eigenvalue weighted by atomic mass is 10.3. The molecule has 1 fully saturated rings. The molecule has 0 radical (unpaired) electrons. The molecule has 2 aromatic heterocycles. The molecule has 2 aromatic rings. The Morgan fingerprint density at radius 2 is 2.24 bits per heavy atom. The van der Waals surface area contributed by atoms with Crippen LogP contribution < -0.4 is 10.6 Å². The van der Waals surface area contributed by atoms with E-state index in [9.17, 15) is 0 Å². The molecule has 0 unspecified atom stereocenters. The summed E-state index contributed by atoms with van der Waals surface area (Å²) >= 11 is 1.27. The molecule has 21 heavy (non-hydrogen) atoms. The third-order valence-electron chi connectivity index (χ3n) is 3.11. The van der Waals surface area contributed by atoms with Gasteiger partial charge in [0.2, 0.25) is 11.1 Å². The van der Waals surface area contributed by atoms with Crippen LogP contribution in [0.4, 0.5) is 5.95 Å². The molecule has 8 nitrogen and oxygen atoms in total. The summed E-state index contributed by atoms with van der Waals surface area (Å²) in [4.78, 5) is 11.3. The summed E-state index contributed by atoms with van der Waals surface area (Å²) in [6.45, 7) is 4.69. The van der Waals surface area contributed by atoms with Gasteiger partial charge in [-0.05, 0) is 6.92 Å². The molecule has 9 heteroatoms. The van der Waals surface area contributed by atoms with Crippen LogP contribution in [0.5, 0.6) is 0 Å². The Kier molecular flexibility index (Phi) is 3.83. The summed E-state index contributed by atoms with van der Waals surface area (Å²) in [5.74, 6) is 1.26. The molecule has 3 rings (SSSR count). The van der Waals surface area contributed by atoms with Crippen molar-refractivity contribution in [3.05, 3.63) is 16.9 Å². The molecule has 110 valence electrons. The zero-order valence-electron chi connectivity index (χ0n) is 11.6. The molecule has 3 heterocycles. The highest BCUT2D eigenvalue weighted by atomic mass is 32.1. The number of nitrogens with two attached hydrogens (primary N) is 1. The van der Waals surface area contributed by atoms with Crippen LogP contribution in [-0.4, -0.2) is 46.1 Å². The van der Waals surface area contributed by atoms with Gasteiger partial charge in [0.25, 0.3) is 0 Å². The van der Waals surface area contributed by atoms with Gasteiger partial charge in [0.05, 0.1) is 25.5 Å². The van der Waals surface area contributed by atoms with Crippen LogP contribution in [0, 0.1) is 11.3 Å². The first kappa shape index (κ1) is 13.9. The van der Waals surface area contributed by atoms with Gasteiger partial charge in [-0.3, -0.25) is 0 Å². The molecule has 1 aliphatic heterocycles. The summed E-state index contributed by atoms with van der Waals surface area (Å²) in [6, 6.07) is 1.80. The van der Waals surface area contributed by atoms with Gasteiger partial charge in [0, 0.05) is 13.1 Å². The van der Waals surface area contributed by atoms with Crippen molar-refractivity contribution in [1.29, 1.82) is 5.26 Å². The highest BCUT2D eigenvalue weighted by Crippen LogP contribution is 2.22. The zero-order valence-corrected chi connectivity index (χ0v) is 12.4. The van der Waals surface area contributed by atoms with E-state index in [1.807, 2.05) is 6.92 Å². The monoisotopic (exact) mass is 305 g/mol. The number of ether oxygens (including phenoxy) is 1. The minimum absolute atomic E-state index is 0.276. The number of hydrogen-bond donors (Lipinski definition) is 1. The number of anilines is 1. The molecule has 0 aromatic carbocycles. The average Bonchev–Trinajstić information content (AvgIpc) is 3.14. The van der Waals surface area contributed by atoms with Crippen molar-refractivity contribution in [2.24, 2.45) is 5.73 Å². The van der Waals surface area contributed by atoms with E-state index in [4.69, 9.17) is 15.7 Å². The van der Waals surface area contributed by atoms with Crippen LogP contribution in [0.15, 0.2) is 6.20 Å². The molecule has 0 aliphatic carbocycles. The number of nitrogens with zero attached hydrogens (tertiary/aromatic N) is 6. The summed E-state index contributed by atoms with van der Waals surface area (Å²) < 4.78 is 6.96. The Labute approximate surface area is 125 Å². The molecule has 1 saturated heterocycles. The molecule has 0 amide bonds. The van der Waals surface area contributed by atoms with Gasteiger partial charge in [0.1, 0.15) is 10.9 Å². The van der Waals surface area contributed by atoms with Crippen LogP contribution in [0.25, 0.3) is 5.13 Å². The smallest absolute Gasteiger partial charge is 0.245 e. The topological polar surface area (TPSA) is 106 Å². The Bertz CT molecular complexity index is 665. The highest BCUT2D eigenvalue weighted by molar-refractivity contribution is 7.14. The lowest BCUT2D eigenvalue weighted by Gasteiger charge is -2.25. The maximum absolute atomic E-state index is 8.91. The van der Waals surface area contributed by atoms with E-state index in [-0.39, 0.29) is 6.04 Å². The summed E-state index contributed by atoms with van der Waals surface area (Å²) in [6.07, 6.45) is 1.53. The molecule has 0 spiro atoms. The fourth-order valence-corrected chi connectivity index (χ4v) is 2.73. The Morgan fingerprint density at radius 1 is 1.48 bits per heavy atom. The number of hydrogen-bond acceptors (Lipinski definition) is 8. The van der Waals surface area contributed by atoms with Gasteiger partial charge < -0.3 is 15.4 Å². The summed E-state index contributed by atoms with van der Waals surface area (Å²) in [5.41, 5.74) is 5.98. The van der Waals surface area contributed by atoms with Crippen molar-refractivity contribution in [3.63, 3.8) is 0 Å². The minimum Gasteiger partial charge on any atom is -0.378 e. The van der Waals surface area contributed by atoms with Crippen molar-refractivity contribution in [1.82, 2.24) is 19.7 Å². The highest BCUT2D eigenvalue weighted by Gasteiger charge is 2.22. The number of rotatable bonds is 3. The van der Waals surface area contributed by atoms with Crippen LogP contribution in [0.1, 0.15) is 23.7 Å². The molecule has 1 aliphatic rings. The Hall–Kier alpha value is -2.02. The van der Waals surface area contributed by atoms with Crippen LogP contribution in [0.3, 0.4) is 0 Å². The van der Waals surface area contributed by atoms with Crippen LogP contribution in [0.2, 0.25) is 0 Å². The largest absolute Gasteiger partial charge is 0.378 e. The first-order chi connectivity index (χ1) is 10.2. The van der Waals surface area contributed by atoms with Gasteiger partial charge in [-0.1, -0.05) is 11.3 Å². The van der Waals surface area contributed by atoms with Gasteiger partial charge in [-0.25, -0.2) is 4.98 Å². The SMILES string of the molecule is C[C@H](N)c1nc(N2CCOCC2)nn1-c1ncc(C#N)s1. The lowest BCUT2D eigenvalue weighted by Crippen LogP contribution is -2.37. The predicted molar refractivity (Wildman–Crippen MR) is 77.4 cm³/mol. The van der Waals surface area contributed by atoms with E-state index >= 15 is 0 Å².